The molecule has 2 aliphatic heterocycles. The van der Waals surface area contributed by atoms with Crippen LogP contribution in [0.15, 0.2) is 108 Å². The molecule has 248 valence electrons. The topological polar surface area (TPSA) is 121 Å². The van der Waals surface area contributed by atoms with Gasteiger partial charge in [0.25, 0.3) is 0 Å². The van der Waals surface area contributed by atoms with E-state index in [9.17, 15) is 14.7 Å². The molecule has 3 heterocycles. The van der Waals surface area contributed by atoms with E-state index in [-0.39, 0.29) is 36.6 Å². The van der Waals surface area contributed by atoms with Gasteiger partial charge in [0.1, 0.15) is 0 Å². The number of nitrogens with one attached hydrogen (secondary N) is 3. The van der Waals surface area contributed by atoms with Crippen molar-refractivity contribution in [3.8, 4) is 0 Å². The van der Waals surface area contributed by atoms with Gasteiger partial charge in [-0.05, 0) is 53.8 Å². The Bertz CT molecular complexity index is 1880. The van der Waals surface area contributed by atoms with Gasteiger partial charge in [0.05, 0.1) is 29.8 Å². The number of benzene rings is 4. The molecule has 10 nitrogen and oxygen atoms in total. The normalized spacial score (nSPS) is 20.5. The molecule has 5 aromatic rings. The first-order valence-electron chi connectivity index (χ1n) is 16.6. The highest BCUT2D eigenvalue weighted by atomic mass is 16.7. The average molecular weight is 648 g/mol. The summed E-state index contributed by atoms with van der Waals surface area (Å²) in [7, 11) is 0. The zero-order chi connectivity index (χ0) is 32.9. The van der Waals surface area contributed by atoms with Crippen LogP contribution in [-0.4, -0.2) is 51.3 Å². The van der Waals surface area contributed by atoms with Crippen LogP contribution in [-0.2, 0) is 22.6 Å². The van der Waals surface area contributed by atoms with Gasteiger partial charge in [0.2, 0.25) is 0 Å². The molecule has 0 radical (unpaired) electrons. The lowest BCUT2D eigenvalue weighted by Gasteiger charge is -2.40. The minimum absolute atomic E-state index is 0.0144. The highest BCUT2D eigenvalue weighted by Gasteiger charge is 2.34. The smallest absolute Gasteiger partial charge is 0.326 e. The molecule has 2 amide bonds. The van der Waals surface area contributed by atoms with Gasteiger partial charge in [-0.2, -0.15) is 0 Å². The van der Waals surface area contributed by atoms with Gasteiger partial charge in [0.15, 0.2) is 6.29 Å². The number of aromatic nitrogens is 2. The fraction of sp³-hybridized carbons (Fsp3) is 0.316. The maximum Gasteiger partial charge on any atom is 0.326 e. The minimum Gasteiger partial charge on any atom is -0.392 e. The number of amides is 2. The molecule has 48 heavy (non-hydrogen) atoms. The second-order valence-electron chi connectivity index (χ2n) is 12.6. The molecule has 0 bridgehead atoms. The van der Waals surface area contributed by atoms with Crippen molar-refractivity contribution in [3.63, 3.8) is 0 Å². The van der Waals surface area contributed by atoms with Gasteiger partial charge >= 0.3 is 11.7 Å². The lowest BCUT2D eigenvalue weighted by atomic mass is 9.98. The Morgan fingerprint density at radius 2 is 1.62 bits per heavy atom. The molecule has 4 N–H and O–H groups in total. The predicted molar refractivity (Wildman–Crippen MR) is 184 cm³/mol. The van der Waals surface area contributed by atoms with Crippen molar-refractivity contribution >= 4 is 22.8 Å². The Morgan fingerprint density at radius 1 is 0.854 bits per heavy atom. The van der Waals surface area contributed by atoms with Crippen molar-refractivity contribution < 1.29 is 19.4 Å². The molecule has 2 aliphatic rings. The number of hydrogen-bond donors (Lipinski definition) is 4. The lowest BCUT2D eigenvalue weighted by molar-refractivity contribution is -0.253. The summed E-state index contributed by atoms with van der Waals surface area (Å²) in [6.07, 6.45) is 1.47. The Morgan fingerprint density at radius 3 is 2.42 bits per heavy atom. The van der Waals surface area contributed by atoms with E-state index in [1.807, 2.05) is 108 Å². The SMILES string of the molecule is O=C(NCc1ccccc1)Nc1cccc(C2OC(CN3CCC(n4c(=O)[nH]c5ccccc54)CC3)CC(c3ccc(CO)cc3)O2)c1. The van der Waals surface area contributed by atoms with Crippen LogP contribution in [0, 0.1) is 0 Å². The molecule has 2 fully saturated rings. The Balaban J connectivity index is 1.03. The summed E-state index contributed by atoms with van der Waals surface area (Å²) < 4.78 is 15.1. The van der Waals surface area contributed by atoms with E-state index in [1.165, 1.54) is 0 Å². The first-order chi connectivity index (χ1) is 23.5. The molecular weight excluding hydrogens is 606 g/mol. The summed E-state index contributed by atoms with van der Waals surface area (Å²) in [5, 5.41) is 15.4. The molecule has 1 aromatic heterocycles. The maximum atomic E-state index is 12.8. The summed E-state index contributed by atoms with van der Waals surface area (Å²) in [4.78, 5) is 30.9. The van der Waals surface area contributed by atoms with Gasteiger partial charge in [0, 0.05) is 49.9 Å². The number of H-pyrrole nitrogens is 1. The lowest BCUT2D eigenvalue weighted by Crippen LogP contribution is -2.43. The third kappa shape index (κ3) is 7.37. The first kappa shape index (κ1) is 31.8. The van der Waals surface area contributed by atoms with Gasteiger partial charge < -0.3 is 35.1 Å². The Kier molecular flexibility index (Phi) is 9.67. The Hall–Kier alpha value is -4.74. The van der Waals surface area contributed by atoms with Crippen LogP contribution in [0.5, 0.6) is 0 Å². The zero-order valence-corrected chi connectivity index (χ0v) is 26.8. The maximum absolute atomic E-state index is 12.8. The van der Waals surface area contributed by atoms with E-state index in [4.69, 9.17) is 9.47 Å². The number of hydrogen-bond acceptors (Lipinski definition) is 6. The van der Waals surface area contributed by atoms with Crippen LogP contribution < -0.4 is 16.3 Å². The zero-order valence-electron chi connectivity index (χ0n) is 26.8. The highest BCUT2D eigenvalue weighted by Crippen LogP contribution is 2.39. The number of rotatable bonds is 9. The van der Waals surface area contributed by atoms with Crippen LogP contribution >= 0.6 is 0 Å². The van der Waals surface area contributed by atoms with Crippen LogP contribution in [0.25, 0.3) is 11.0 Å². The van der Waals surface area contributed by atoms with Gasteiger partial charge in [-0.25, -0.2) is 9.59 Å². The number of carbonyl (C=O) groups is 1. The summed E-state index contributed by atoms with van der Waals surface area (Å²) in [5.74, 6) is 0. The molecular formula is C38H41N5O5. The van der Waals surface area contributed by atoms with Crippen LogP contribution in [0.1, 0.15) is 60.0 Å². The number of aliphatic hydroxyl groups excluding tert-OH is 1. The van der Waals surface area contributed by atoms with Crippen molar-refractivity contribution in [1.82, 2.24) is 19.8 Å². The largest absolute Gasteiger partial charge is 0.392 e. The number of imidazole rings is 1. The summed E-state index contributed by atoms with van der Waals surface area (Å²) in [5.41, 5.74) is 6.13. The average Bonchev–Trinajstić information content (AvgIpc) is 3.47. The van der Waals surface area contributed by atoms with E-state index >= 15 is 0 Å². The first-order valence-corrected chi connectivity index (χ1v) is 16.6. The molecule has 3 unspecified atom stereocenters. The van der Waals surface area contributed by atoms with E-state index in [0.717, 1.165) is 65.8 Å². The monoisotopic (exact) mass is 647 g/mol. The molecule has 0 saturated carbocycles. The van der Waals surface area contributed by atoms with Crippen molar-refractivity contribution in [2.45, 2.75) is 57.0 Å². The van der Waals surface area contributed by atoms with Gasteiger partial charge in [-0.1, -0.05) is 78.9 Å². The number of likely N-dealkylation sites (tertiary alicyclic amines) is 1. The quantitative estimate of drug-likeness (QED) is 0.155. The molecule has 3 atom stereocenters. The predicted octanol–water partition coefficient (Wildman–Crippen LogP) is 6.03. The fourth-order valence-electron chi connectivity index (χ4n) is 6.83. The number of anilines is 1. The number of aliphatic hydroxyl groups is 1. The van der Waals surface area contributed by atoms with Crippen molar-refractivity contribution in [1.29, 1.82) is 0 Å². The summed E-state index contributed by atoms with van der Waals surface area (Å²) >= 11 is 0. The summed E-state index contributed by atoms with van der Waals surface area (Å²) in [6.45, 7) is 2.86. The standard InChI is InChI=1S/C38H41N5O5/c44-25-27-13-15-28(16-14-27)35-22-32(24-42-19-17-31(18-20-42)43-34-12-5-4-11-33(34)41-38(43)46)47-36(48-35)29-9-6-10-30(21-29)40-37(45)39-23-26-7-2-1-3-8-26/h1-16,21,31-32,35-36,44H,17-20,22-25H2,(H,41,46)(H2,39,40,45). The van der Waals surface area contributed by atoms with E-state index in [1.54, 1.807) is 0 Å². The molecule has 7 rings (SSSR count). The number of carbonyl (C=O) groups excluding carboxylic acids is 1. The number of para-hydroxylation sites is 2. The molecule has 10 heteroatoms. The Labute approximate surface area is 279 Å². The molecule has 0 spiro atoms. The fourth-order valence-corrected chi connectivity index (χ4v) is 6.83. The van der Waals surface area contributed by atoms with E-state index in [2.05, 4.69) is 20.5 Å². The van der Waals surface area contributed by atoms with Crippen molar-refractivity contribution in [2.75, 3.05) is 25.0 Å². The van der Waals surface area contributed by atoms with E-state index in [0.29, 0.717) is 18.7 Å². The molecule has 0 aliphatic carbocycles. The highest BCUT2D eigenvalue weighted by molar-refractivity contribution is 5.89. The molecule has 2 saturated heterocycles. The number of piperidine rings is 1. The third-order valence-electron chi connectivity index (χ3n) is 9.34. The van der Waals surface area contributed by atoms with Crippen LogP contribution in [0.2, 0.25) is 0 Å². The van der Waals surface area contributed by atoms with Crippen LogP contribution in [0.4, 0.5) is 10.5 Å². The minimum atomic E-state index is -0.636. The van der Waals surface area contributed by atoms with E-state index < -0.39 is 6.29 Å². The van der Waals surface area contributed by atoms with Crippen LogP contribution in [0.3, 0.4) is 0 Å². The number of nitrogens with zero attached hydrogens (tertiary/aromatic N) is 2. The molecule has 4 aromatic carbocycles. The van der Waals surface area contributed by atoms with Gasteiger partial charge in [-0.15, -0.1) is 0 Å². The number of urea groups is 1. The van der Waals surface area contributed by atoms with Gasteiger partial charge in [-0.3, -0.25) is 4.57 Å². The van der Waals surface area contributed by atoms with Crippen molar-refractivity contribution in [3.05, 3.63) is 136 Å². The summed E-state index contributed by atoms with van der Waals surface area (Å²) in [6, 6.07) is 32.9. The number of aromatic amines is 1. The second-order valence-corrected chi connectivity index (χ2v) is 12.6. The van der Waals surface area contributed by atoms with Crippen molar-refractivity contribution in [2.24, 2.45) is 0 Å². The number of fused-ring (bicyclic) bond motifs is 1. The second kappa shape index (κ2) is 14.6. The third-order valence-corrected chi connectivity index (χ3v) is 9.34. The number of ether oxygens (including phenoxy) is 2.